The molecule has 0 amide bonds. The Labute approximate surface area is 115 Å². The van der Waals surface area contributed by atoms with Gasteiger partial charge in [-0.1, -0.05) is 24.3 Å². The number of Topliss-reactive ketones (excluding diaryl/α,β-unsaturated/α-hetero) is 1. The molecule has 102 valence electrons. The minimum atomic E-state index is 0.143. The maximum absolute atomic E-state index is 12.4. The summed E-state index contributed by atoms with van der Waals surface area (Å²) in [6, 6.07) is 8.63. The number of benzene rings is 1. The number of carbonyl (C=O) groups is 1. The third kappa shape index (κ3) is 2.74. The first kappa shape index (κ1) is 12.9. The van der Waals surface area contributed by atoms with Crippen molar-refractivity contribution in [2.45, 2.75) is 51.0 Å². The van der Waals surface area contributed by atoms with Crippen LogP contribution in [0, 0.1) is 5.92 Å². The molecule has 3 rings (SSSR count). The largest absolute Gasteiger partial charge is 0.378 e. The van der Waals surface area contributed by atoms with Crippen molar-refractivity contribution in [2.75, 3.05) is 6.61 Å². The first-order valence-electron chi connectivity index (χ1n) is 7.46. The second-order valence-corrected chi connectivity index (χ2v) is 6.03. The third-order valence-electron chi connectivity index (χ3n) is 4.59. The summed E-state index contributed by atoms with van der Waals surface area (Å²) in [6.45, 7) is 2.69. The number of ether oxygens (including phenoxy) is 1. The number of ketones is 1. The molecule has 0 saturated carbocycles. The first-order chi connectivity index (χ1) is 9.24. The molecule has 0 bridgehead atoms. The predicted molar refractivity (Wildman–Crippen MR) is 75.3 cm³/mol. The van der Waals surface area contributed by atoms with Crippen molar-refractivity contribution in [2.24, 2.45) is 5.92 Å². The Hall–Kier alpha value is -1.15. The summed E-state index contributed by atoms with van der Waals surface area (Å²) in [4.78, 5) is 12.4. The van der Waals surface area contributed by atoms with Gasteiger partial charge in [-0.3, -0.25) is 4.79 Å². The van der Waals surface area contributed by atoms with Crippen LogP contribution in [0.1, 0.15) is 49.7 Å². The van der Waals surface area contributed by atoms with Gasteiger partial charge in [-0.05, 0) is 49.7 Å². The topological polar surface area (TPSA) is 26.3 Å². The maximum atomic E-state index is 12.4. The molecular formula is C17H22O2. The first-order valence-corrected chi connectivity index (χ1v) is 7.46. The van der Waals surface area contributed by atoms with Gasteiger partial charge in [0.25, 0.3) is 0 Å². The molecule has 19 heavy (non-hydrogen) atoms. The van der Waals surface area contributed by atoms with Gasteiger partial charge in [0.05, 0.1) is 12.7 Å². The molecule has 0 spiro atoms. The summed E-state index contributed by atoms with van der Waals surface area (Å²) in [5.41, 5.74) is 2.86. The number of rotatable bonds is 3. The number of carbonyl (C=O) groups excluding carboxylic acids is 1. The Kier molecular flexibility index (Phi) is 3.69. The molecule has 1 saturated heterocycles. The number of hydrogen-bond acceptors (Lipinski definition) is 2. The van der Waals surface area contributed by atoms with Gasteiger partial charge < -0.3 is 4.74 Å². The van der Waals surface area contributed by atoms with Crippen LogP contribution in [0.25, 0.3) is 0 Å². The SMILES string of the molecule is CC1CC(C(=O)CC2CCCc3ccccc32)CO1. The van der Waals surface area contributed by atoms with Crippen LogP contribution in [0.2, 0.25) is 0 Å². The Morgan fingerprint density at radius 1 is 1.37 bits per heavy atom. The highest BCUT2D eigenvalue weighted by atomic mass is 16.5. The molecule has 1 aromatic rings. The van der Waals surface area contributed by atoms with Crippen molar-refractivity contribution in [3.63, 3.8) is 0 Å². The normalized spacial score (nSPS) is 30.1. The Bertz CT molecular complexity index is 466. The summed E-state index contributed by atoms with van der Waals surface area (Å²) in [5.74, 6) is 0.989. The fourth-order valence-corrected chi connectivity index (χ4v) is 3.52. The lowest BCUT2D eigenvalue weighted by Gasteiger charge is -2.25. The van der Waals surface area contributed by atoms with E-state index in [0.29, 0.717) is 24.7 Å². The van der Waals surface area contributed by atoms with E-state index in [-0.39, 0.29) is 12.0 Å². The molecule has 2 aliphatic rings. The maximum Gasteiger partial charge on any atom is 0.138 e. The van der Waals surface area contributed by atoms with Crippen molar-refractivity contribution >= 4 is 5.78 Å². The predicted octanol–water partition coefficient (Wildman–Crippen LogP) is 3.49. The summed E-state index contributed by atoms with van der Waals surface area (Å²) in [7, 11) is 0. The Morgan fingerprint density at radius 3 is 3.00 bits per heavy atom. The molecule has 1 fully saturated rings. The van der Waals surface area contributed by atoms with Gasteiger partial charge in [-0.2, -0.15) is 0 Å². The zero-order chi connectivity index (χ0) is 13.2. The molecule has 1 heterocycles. The Morgan fingerprint density at radius 2 is 2.21 bits per heavy atom. The third-order valence-corrected chi connectivity index (χ3v) is 4.59. The van der Waals surface area contributed by atoms with Crippen LogP contribution in [-0.2, 0) is 16.0 Å². The van der Waals surface area contributed by atoms with Crippen LogP contribution in [0.4, 0.5) is 0 Å². The minimum absolute atomic E-state index is 0.143. The number of fused-ring (bicyclic) bond motifs is 1. The average molecular weight is 258 g/mol. The number of aryl methyl sites for hydroxylation is 1. The van der Waals surface area contributed by atoms with E-state index >= 15 is 0 Å². The van der Waals surface area contributed by atoms with E-state index in [1.165, 1.54) is 24.0 Å². The fourth-order valence-electron chi connectivity index (χ4n) is 3.52. The van der Waals surface area contributed by atoms with Crippen molar-refractivity contribution < 1.29 is 9.53 Å². The molecule has 1 aliphatic heterocycles. The van der Waals surface area contributed by atoms with E-state index in [2.05, 4.69) is 31.2 Å². The van der Waals surface area contributed by atoms with Crippen LogP contribution in [-0.4, -0.2) is 18.5 Å². The highest BCUT2D eigenvalue weighted by molar-refractivity contribution is 5.82. The molecule has 1 aromatic carbocycles. The summed E-state index contributed by atoms with van der Waals surface area (Å²) in [5, 5.41) is 0. The Balaban J connectivity index is 1.69. The van der Waals surface area contributed by atoms with E-state index < -0.39 is 0 Å². The zero-order valence-corrected chi connectivity index (χ0v) is 11.6. The minimum Gasteiger partial charge on any atom is -0.378 e. The molecule has 0 N–H and O–H groups in total. The summed E-state index contributed by atoms with van der Waals surface area (Å²) < 4.78 is 5.52. The van der Waals surface area contributed by atoms with Crippen LogP contribution >= 0.6 is 0 Å². The molecule has 0 radical (unpaired) electrons. The van der Waals surface area contributed by atoms with Crippen LogP contribution < -0.4 is 0 Å². The van der Waals surface area contributed by atoms with Gasteiger partial charge in [0.15, 0.2) is 0 Å². The molecule has 3 unspecified atom stereocenters. The molecule has 3 atom stereocenters. The molecule has 1 aliphatic carbocycles. The molecular weight excluding hydrogens is 236 g/mol. The highest BCUT2D eigenvalue weighted by Gasteiger charge is 2.31. The van der Waals surface area contributed by atoms with E-state index in [0.717, 1.165) is 12.8 Å². The number of hydrogen-bond donors (Lipinski definition) is 0. The van der Waals surface area contributed by atoms with E-state index in [1.807, 2.05) is 0 Å². The lowest BCUT2D eigenvalue weighted by molar-refractivity contribution is -0.123. The molecule has 0 aromatic heterocycles. The van der Waals surface area contributed by atoms with Crippen LogP contribution in [0.5, 0.6) is 0 Å². The second kappa shape index (κ2) is 5.46. The van der Waals surface area contributed by atoms with E-state index in [1.54, 1.807) is 0 Å². The molecule has 2 heteroatoms. The quantitative estimate of drug-likeness (QED) is 0.829. The van der Waals surface area contributed by atoms with Crippen molar-refractivity contribution in [3.05, 3.63) is 35.4 Å². The zero-order valence-electron chi connectivity index (χ0n) is 11.6. The second-order valence-electron chi connectivity index (χ2n) is 6.03. The van der Waals surface area contributed by atoms with Crippen LogP contribution in [0.3, 0.4) is 0 Å². The van der Waals surface area contributed by atoms with Crippen LogP contribution in [0.15, 0.2) is 24.3 Å². The smallest absolute Gasteiger partial charge is 0.138 e. The summed E-state index contributed by atoms with van der Waals surface area (Å²) >= 11 is 0. The lowest BCUT2D eigenvalue weighted by Crippen LogP contribution is -2.20. The van der Waals surface area contributed by atoms with Crippen molar-refractivity contribution in [1.82, 2.24) is 0 Å². The van der Waals surface area contributed by atoms with Gasteiger partial charge in [0.2, 0.25) is 0 Å². The highest BCUT2D eigenvalue weighted by Crippen LogP contribution is 2.35. The summed E-state index contributed by atoms with van der Waals surface area (Å²) in [6.07, 6.45) is 5.42. The molecule has 2 nitrogen and oxygen atoms in total. The fraction of sp³-hybridized carbons (Fsp3) is 0.588. The average Bonchev–Trinajstić information content (AvgIpc) is 2.86. The monoisotopic (exact) mass is 258 g/mol. The van der Waals surface area contributed by atoms with Gasteiger partial charge in [0, 0.05) is 12.3 Å². The van der Waals surface area contributed by atoms with Gasteiger partial charge in [-0.15, -0.1) is 0 Å². The van der Waals surface area contributed by atoms with Gasteiger partial charge in [-0.25, -0.2) is 0 Å². The van der Waals surface area contributed by atoms with Crippen molar-refractivity contribution in [1.29, 1.82) is 0 Å². The lowest BCUT2D eigenvalue weighted by atomic mass is 9.79. The van der Waals surface area contributed by atoms with E-state index in [4.69, 9.17) is 4.74 Å². The van der Waals surface area contributed by atoms with Crippen molar-refractivity contribution in [3.8, 4) is 0 Å². The van der Waals surface area contributed by atoms with E-state index in [9.17, 15) is 4.79 Å². The standard InChI is InChI=1S/C17H22O2/c1-12-9-15(11-19-12)17(18)10-14-7-4-6-13-5-2-3-8-16(13)14/h2-3,5,8,12,14-15H,4,6-7,9-11H2,1H3. The van der Waals surface area contributed by atoms with Gasteiger partial charge >= 0.3 is 0 Å². The van der Waals surface area contributed by atoms with Gasteiger partial charge in [0.1, 0.15) is 5.78 Å².